The van der Waals surface area contributed by atoms with E-state index in [1.54, 1.807) is 0 Å². The van der Waals surface area contributed by atoms with Crippen LogP contribution in [0.25, 0.3) is 36.9 Å². The molecular formula is C49H35NS. The number of hydrogen-bond acceptors (Lipinski definition) is 2. The molecule has 10 rings (SSSR count). The van der Waals surface area contributed by atoms with Crippen LogP contribution < -0.4 is 4.90 Å². The molecule has 1 nitrogen and oxygen atoms in total. The molecule has 0 saturated carbocycles. The molecule has 0 saturated heterocycles. The predicted octanol–water partition coefficient (Wildman–Crippen LogP) is 13.6. The van der Waals surface area contributed by atoms with Crippen LogP contribution in [0.2, 0.25) is 0 Å². The van der Waals surface area contributed by atoms with Gasteiger partial charge in [0.15, 0.2) is 0 Å². The maximum Gasteiger partial charge on any atom is 0.0710 e. The summed E-state index contributed by atoms with van der Waals surface area (Å²) in [5, 5.41) is 2.66. The molecule has 1 heterocycles. The predicted molar refractivity (Wildman–Crippen MR) is 218 cm³/mol. The minimum atomic E-state index is -0.406. The average Bonchev–Trinajstić information content (AvgIpc) is 3.73. The molecule has 242 valence electrons. The van der Waals surface area contributed by atoms with Crippen molar-refractivity contribution in [2.75, 3.05) is 4.90 Å². The van der Waals surface area contributed by atoms with Crippen molar-refractivity contribution in [3.05, 3.63) is 216 Å². The number of allylic oxidation sites excluding steroid dienone is 4. The molecule has 0 atom stereocenters. The van der Waals surface area contributed by atoms with E-state index in [0.717, 1.165) is 29.9 Å². The lowest BCUT2D eigenvalue weighted by Crippen LogP contribution is -2.29. The largest absolute Gasteiger partial charge is 0.310 e. The van der Waals surface area contributed by atoms with Gasteiger partial charge in [-0.15, -0.1) is 11.3 Å². The third-order valence-corrected chi connectivity index (χ3v) is 12.0. The average molecular weight is 670 g/mol. The summed E-state index contributed by atoms with van der Waals surface area (Å²) < 4.78 is 2.67. The monoisotopic (exact) mass is 669 g/mol. The summed E-state index contributed by atoms with van der Waals surface area (Å²) in [6, 6.07) is 64.9. The van der Waals surface area contributed by atoms with Gasteiger partial charge in [-0.2, -0.15) is 0 Å². The Morgan fingerprint density at radius 1 is 0.490 bits per heavy atom. The molecule has 8 aromatic rings. The smallest absolute Gasteiger partial charge is 0.0710 e. The Morgan fingerprint density at radius 2 is 1.10 bits per heavy atom. The Kier molecular flexibility index (Phi) is 7.11. The van der Waals surface area contributed by atoms with Gasteiger partial charge in [-0.3, -0.25) is 0 Å². The number of rotatable bonds is 6. The fraction of sp³-hybridized carbons (Fsp3) is 0.0612. The molecule has 2 aliphatic carbocycles. The summed E-state index contributed by atoms with van der Waals surface area (Å²) in [7, 11) is 0. The number of hydrogen-bond donors (Lipinski definition) is 0. The molecular weight excluding hydrogens is 635 g/mol. The van der Waals surface area contributed by atoms with Crippen molar-refractivity contribution in [3.63, 3.8) is 0 Å². The van der Waals surface area contributed by atoms with Gasteiger partial charge in [-0.05, 0) is 112 Å². The Labute approximate surface area is 303 Å². The van der Waals surface area contributed by atoms with E-state index in [4.69, 9.17) is 0 Å². The third kappa shape index (κ3) is 4.75. The van der Waals surface area contributed by atoms with Gasteiger partial charge >= 0.3 is 0 Å². The summed E-state index contributed by atoms with van der Waals surface area (Å²) in [6.07, 6.45) is 6.89. The van der Waals surface area contributed by atoms with Gasteiger partial charge in [0, 0.05) is 37.2 Å². The highest BCUT2D eigenvalue weighted by molar-refractivity contribution is 7.25. The molecule has 0 spiro atoms. The van der Waals surface area contributed by atoms with Crippen LogP contribution in [0.4, 0.5) is 17.1 Å². The topological polar surface area (TPSA) is 3.24 Å². The molecule has 2 heteroatoms. The van der Waals surface area contributed by atoms with Gasteiger partial charge in [0.1, 0.15) is 0 Å². The summed E-state index contributed by atoms with van der Waals surface area (Å²) in [5.41, 5.74) is 13.7. The summed E-state index contributed by atoms with van der Waals surface area (Å²) in [4.78, 5) is 2.41. The third-order valence-electron chi connectivity index (χ3n) is 10.8. The van der Waals surface area contributed by atoms with Gasteiger partial charge in [0.2, 0.25) is 0 Å². The van der Waals surface area contributed by atoms with Crippen molar-refractivity contribution < 1.29 is 0 Å². The van der Waals surface area contributed by atoms with E-state index in [9.17, 15) is 0 Å². The lowest BCUT2D eigenvalue weighted by Gasteiger charge is -2.36. The molecule has 2 aliphatic rings. The SMILES string of the molecule is C1=CC2=C(CC1)c1ccc(N(c3ccccc3)c3ccc(-c4ccc5sc6ccccc6c5c4)cc3)cc1C2(c1ccccc1)c1ccccc1. The number of benzene rings is 7. The first-order valence-electron chi connectivity index (χ1n) is 17.8. The van der Waals surface area contributed by atoms with Crippen LogP contribution in [0.5, 0.6) is 0 Å². The van der Waals surface area contributed by atoms with Gasteiger partial charge in [-0.1, -0.05) is 133 Å². The quantitative estimate of drug-likeness (QED) is 0.170. The van der Waals surface area contributed by atoms with Crippen LogP contribution in [-0.4, -0.2) is 0 Å². The lowest BCUT2D eigenvalue weighted by atomic mass is 9.66. The standard InChI is InChI=1S/C49H35NS/c1-4-14-36(15-5-1)49(37-16-6-2-7-17-37)45-22-12-10-20-41(45)42-30-29-40(33-46(42)49)50(38-18-8-3-9-19-38)39-27-24-34(25-28-39)35-26-31-48-44(32-35)43-21-11-13-23-47(43)51-48/h1-9,11-19,21-33H,10,20H2. The molecule has 1 aromatic heterocycles. The van der Waals surface area contributed by atoms with E-state index >= 15 is 0 Å². The molecule has 51 heavy (non-hydrogen) atoms. The van der Waals surface area contributed by atoms with Crippen LogP contribution in [0.1, 0.15) is 35.1 Å². The van der Waals surface area contributed by atoms with Crippen molar-refractivity contribution in [1.29, 1.82) is 0 Å². The van der Waals surface area contributed by atoms with Gasteiger partial charge in [0.25, 0.3) is 0 Å². The van der Waals surface area contributed by atoms with Crippen LogP contribution in [-0.2, 0) is 5.41 Å². The Balaban J connectivity index is 1.13. The molecule has 0 radical (unpaired) electrons. The van der Waals surface area contributed by atoms with Gasteiger partial charge in [0.05, 0.1) is 5.41 Å². The van der Waals surface area contributed by atoms with Crippen molar-refractivity contribution in [3.8, 4) is 11.1 Å². The van der Waals surface area contributed by atoms with E-state index in [1.165, 1.54) is 64.7 Å². The fourth-order valence-electron chi connectivity index (χ4n) is 8.58. The summed E-state index contributed by atoms with van der Waals surface area (Å²) in [5.74, 6) is 0. The molecule has 0 amide bonds. The van der Waals surface area contributed by atoms with Crippen molar-refractivity contribution in [2.24, 2.45) is 0 Å². The highest BCUT2D eigenvalue weighted by Crippen LogP contribution is 2.58. The van der Waals surface area contributed by atoms with Crippen molar-refractivity contribution in [2.45, 2.75) is 18.3 Å². The van der Waals surface area contributed by atoms with Gasteiger partial charge < -0.3 is 4.90 Å². The maximum atomic E-state index is 2.47. The van der Waals surface area contributed by atoms with Crippen LogP contribution in [0, 0.1) is 0 Å². The van der Waals surface area contributed by atoms with Gasteiger partial charge in [-0.25, -0.2) is 0 Å². The number of fused-ring (bicyclic) bond motifs is 5. The second-order valence-electron chi connectivity index (χ2n) is 13.6. The molecule has 0 fully saturated rings. The van der Waals surface area contributed by atoms with Crippen molar-refractivity contribution in [1.82, 2.24) is 0 Å². The number of para-hydroxylation sites is 1. The Hall–Kier alpha value is -5.96. The normalized spacial score (nSPS) is 14.5. The van der Waals surface area contributed by atoms with E-state index in [1.807, 2.05) is 11.3 Å². The fourth-order valence-corrected chi connectivity index (χ4v) is 9.67. The lowest BCUT2D eigenvalue weighted by molar-refractivity contribution is 0.756. The molecule has 0 unspecified atom stereocenters. The Bertz CT molecular complexity index is 2570. The van der Waals surface area contributed by atoms with Crippen LogP contribution in [0.3, 0.4) is 0 Å². The number of thiophene rings is 1. The second-order valence-corrected chi connectivity index (χ2v) is 14.7. The van der Waals surface area contributed by atoms with Crippen molar-refractivity contribution >= 4 is 54.1 Å². The zero-order valence-electron chi connectivity index (χ0n) is 28.2. The minimum absolute atomic E-state index is 0.406. The zero-order valence-corrected chi connectivity index (χ0v) is 29.0. The number of anilines is 3. The van der Waals surface area contributed by atoms with Crippen LogP contribution in [0.15, 0.2) is 194 Å². The van der Waals surface area contributed by atoms with E-state index in [-0.39, 0.29) is 0 Å². The molecule has 0 bridgehead atoms. The Morgan fingerprint density at radius 3 is 1.84 bits per heavy atom. The summed E-state index contributed by atoms with van der Waals surface area (Å²) in [6.45, 7) is 0. The zero-order chi connectivity index (χ0) is 33.8. The molecule has 0 aliphatic heterocycles. The molecule has 0 N–H and O–H groups in total. The first-order chi connectivity index (χ1) is 25.3. The van der Waals surface area contributed by atoms with E-state index in [2.05, 4.69) is 193 Å². The highest BCUT2D eigenvalue weighted by Gasteiger charge is 2.47. The first-order valence-corrected chi connectivity index (χ1v) is 18.6. The second kappa shape index (κ2) is 12.1. The number of nitrogens with zero attached hydrogens (tertiary/aromatic N) is 1. The highest BCUT2D eigenvalue weighted by atomic mass is 32.1. The first kappa shape index (κ1) is 29.9. The van der Waals surface area contributed by atoms with E-state index < -0.39 is 5.41 Å². The minimum Gasteiger partial charge on any atom is -0.310 e. The summed E-state index contributed by atoms with van der Waals surface area (Å²) >= 11 is 1.87. The van der Waals surface area contributed by atoms with E-state index in [0.29, 0.717) is 0 Å². The van der Waals surface area contributed by atoms with Crippen LogP contribution >= 0.6 is 11.3 Å². The molecule has 7 aromatic carbocycles. The maximum absolute atomic E-state index is 2.47.